The predicted molar refractivity (Wildman–Crippen MR) is 97.9 cm³/mol. The normalized spacial score (nSPS) is 10.6. The van der Waals surface area contributed by atoms with Crippen molar-refractivity contribution in [3.63, 3.8) is 0 Å². The summed E-state index contributed by atoms with van der Waals surface area (Å²) in [6.07, 6.45) is 0. The molecule has 0 N–H and O–H groups in total. The number of carbonyl (C=O) groups is 2. The molecule has 0 aliphatic heterocycles. The molecule has 0 spiro atoms. The molecule has 3 aromatic rings. The average Bonchev–Trinajstić information content (AvgIpc) is 2.65. The number of halogens is 1. The molecule has 0 saturated heterocycles. The fourth-order valence-corrected chi connectivity index (χ4v) is 2.68. The van der Waals surface area contributed by atoms with Crippen LogP contribution >= 0.6 is 15.9 Å². The average molecular weight is 432 g/mol. The second-order valence-corrected chi connectivity index (χ2v) is 6.35. The van der Waals surface area contributed by atoms with Crippen molar-refractivity contribution >= 4 is 44.3 Å². The van der Waals surface area contributed by atoms with Crippen LogP contribution in [0.2, 0.25) is 0 Å². The van der Waals surface area contributed by atoms with Gasteiger partial charge in [0.25, 0.3) is 5.69 Å². The molecular formula is C18H10BrNO7. The fraction of sp³-hybridized carbons (Fsp3) is 0.0556. The number of nitro benzene ring substituents is 1. The molecule has 0 atom stereocenters. The van der Waals surface area contributed by atoms with Crippen LogP contribution in [0.3, 0.4) is 0 Å². The largest absolute Gasteiger partial charge is 0.453 e. The highest BCUT2D eigenvalue weighted by atomic mass is 79.9. The number of non-ortho nitro benzene ring substituents is 1. The van der Waals surface area contributed by atoms with Gasteiger partial charge in [-0.15, -0.1) is 0 Å². The van der Waals surface area contributed by atoms with Gasteiger partial charge in [0.1, 0.15) is 11.1 Å². The lowest BCUT2D eigenvalue weighted by molar-refractivity contribution is -0.384. The molecule has 0 unspecified atom stereocenters. The van der Waals surface area contributed by atoms with Crippen molar-refractivity contribution in [2.24, 2.45) is 0 Å². The topological polar surface area (TPSA) is 117 Å². The summed E-state index contributed by atoms with van der Waals surface area (Å²) in [5, 5.41) is 11.1. The smallest absolute Gasteiger partial charge is 0.351 e. The second kappa shape index (κ2) is 7.50. The molecule has 0 fully saturated rings. The maximum atomic E-state index is 12.1. The number of fused-ring (bicyclic) bond motifs is 1. The van der Waals surface area contributed by atoms with Crippen LogP contribution in [0, 0.1) is 10.1 Å². The Morgan fingerprint density at radius 1 is 1.11 bits per heavy atom. The van der Waals surface area contributed by atoms with Gasteiger partial charge in [0.05, 0.1) is 4.92 Å². The van der Waals surface area contributed by atoms with Crippen LogP contribution in [-0.2, 0) is 4.74 Å². The van der Waals surface area contributed by atoms with E-state index in [1.54, 1.807) is 18.2 Å². The number of carbonyl (C=O) groups excluding carboxylic acids is 2. The van der Waals surface area contributed by atoms with E-state index in [-0.39, 0.29) is 16.8 Å². The first kappa shape index (κ1) is 18.5. The summed E-state index contributed by atoms with van der Waals surface area (Å²) in [5.41, 5.74) is -0.928. The highest BCUT2D eigenvalue weighted by Crippen LogP contribution is 2.19. The number of ether oxygens (including phenoxy) is 1. The quantitative estimate of drug-likeness (QED) is 0.199. The number of Topliss-reactive ketones (excluding diaryl/α,β-unsaturated/α-hetero) is 1. The van der Waals surface area contributed by atoms with Crippen molar-refractivity contribution in [3.8, 4) is 0 Å². The Hall–Kier alpha value is -3.33. The van der Waals surface area contributed by atoms with Gasteiger partial charge in [-0.25, -0.2) is 9.59 Å². The van der Waals surface area contributed by atoms with Crippen LogP contribution in [0.1, 0.15) is 20.7 Å². The number of hydrogen-bond acceptors (Lipinski definition) is 7. The molecule has 0 aliphatic carbocycles. The minimum Gasteiger partial charge on any atom is -0.453 e. The summed E-state index contributed by atoms with van der Waals surface area (Å²) in [4.78, 5) is 46.2. The van der Waals surface area contributed by atoms with Crippen molar-refractivity contribution in [2.45, 2.75) is 0 Å². The maximum Gasteiger partial charge on any atom is 0.351 e. The highest BCUT2D eigenvalue weighted by molar-refractivity contribution is 9.10. The Bertz CT molecular complexity index is 1120. The third-order valence-corrected chi connectivity index (χ3v) is 4.14. The zero-order valence-electron chi connectivity index (χ0n) is 13.5. The van der Waals surface area contributed by atoms with Gasteiger partial charge in [0, 0.05) is 27.6 Å². The molecule has 1 aromatic heterocycles. The predicted octanol–water partition coefficient (Wildman–Crippen LogP) is 3.50. The van der Waals surface area contributed by atoms with E-state index in [0.29, 0.717) is 11.0 Å². The first-order valence-corrected chi connectivity index (χ1v) is 8.32. The lowest BCUT2D eigenvalue weighted by Crippen LogP contribution is -2.20. The first-order valence-electron chi connectivity index (χ1n) is 7.53. The van der Waals surface area contributed by atoms with Gasteiger partial charge in [-0.05, 0) is 36.4 Å². The van der Waals surface area contributed by atoms with E-state index in [0.717, 1.165) is 4.47 Å². The van der Waals surface area contributed by atoms with Gasteiger partial charge >= 0.3 is 11.6 Å². The standard InChI is InChI=1S/C18H10BrNO7/c19-12-3-6-16-11(7-12)8-14(18(23)27-16)17(22)26-9-15(21)10-1-4-13(5-2-10)20(24)25/h1-8H,9H2. The summed E-state index contributed by atoms with van der Waals surface area (Å²) in [5.74, 6) is -1.56. The molecule has 0 bridgehead atoms. The molecule has 0 aliphatic rings. The minimum absolute atomic E-state index is 0.142. The first-order chi connectivity index (χ1) is 12.8. The van der Waals surface area contributed by atoms with E-state index in [9.17, 15) is 24.5 Å². The molecular weight excluding hydrogens is 422 g/mol. The second-order valence-electron chi connectivity index (χ2n) is 5.43. The monoisotopic (exact) mass is 431 g/mol. The van der Waals surface area contributed by atoms with Crippen LogP contribution in [0.4, 0.5) is 5.69 Å². The molecule has 136 valence electrons. The van der Waals surface area contributed by atoms with Crippen LogP contribution < -0.4 is 5.63 Å². The molecule has 3 rings (SSSR count). The summed E-state index contributed by atoms with van der Waals surface area (Å²) in [7, 11) is 0. The Morgan fingerprint density at radius 3 is 2.48 bits per heavy atom. The Morgan fingerprint density at radius 2 is 1.81 bits per heavy atom. The number of ketones is 1. The van der Waals surface area contributed by atoms with Gasteiger partial charge < -0.3 is 9.15 Å². The number of benzene rings is 2. The van der Waals surface area contributed by atoms with E-state index < -0.39 is 28.9 Å². The SMILES string of the molecule is O=C(COC(=O)c1cc2cc(Br)ccc2oc1=O)c1ccc([N+](=O)[O-])cc1. The fourth-order valence-electron chi connectivity index (χ4n) is 2.30. The minimum atomic E-state index is -0.999. The number of hydrogen-bond donors (Lipinski definition) is 0. The van der Waals surface area contributed by atoms with Crippen LogP contribution in [0.25, 0.3) is 11.0 Å². The van der Waals surface area contributed by atoms with Crippen LogP contribution in [0.15, 0.2) is 62.2 Å². The molecule has 2 aromatic carbocycles. The van der Waals surface area contributed by atoms with Crippen molar-refractivity contribution in [2.75, 3.05) is 6.61 Å². The molecule has 0 radical (unpaired) electrons. The number of nitro groups is 1. The Kier molecular flexibility index (Phi) is 5.13. The summed E-state index contributed by atoms with van der Waals surface area (Å²) < 4.78 is 10.7. The molecule has 0 amide bonds. The van der Waals surface area contributed by atoms with E-state index >= 15 is 0 Å². The Balaban J connectivity index is 1.74. The van der Waals surface area contributed by atoms with Crippen LogP contribution in [-0.4, -0.2) is 23.3 Å². The van der Waals surface area contributed by atoms with Gasteiger partial charge in [-0.2, -0.15) is 0 Å². The van der Waals surface area contributed by atoms with E-state index in [1.807, 2.05) is 0 Å². The van der Waals surface area contributed by atoms with Crippen molar-refractivity contribution in [1.29, 1.82) is 0 Å². The molecule has 8 nitrogen and oxygen atoms in total. The lowest BCUT2D eigenvalue weighted by atomic mass is 10.1. The maximum absolute atomic E-state index is 12.1. The molecule has 9 heteroatoms. The van der Waals surface area contributed by atoms with Gasteiger partial charge in [-0.1, -0.05) is 15.9 Å². The zero-order chi connectivity index (χ0) is 19.6. The van der Waals surface area contributed by atoms with E-state index in [2.05, 4.69) is 15.9 Å². The van der Waals surface area contributed by atoms with E-state index in [4.69, 9.17) is 9.15 Å². The molecule has 0 saturated carbocycles. The lowest BCUT2D eigenvalue weighted by Gasteiger charge is -2.05. The molecule has 27 heavy (non-hydrogen) atoms. The Labute approximate surface area is 159 Å². The third kappa shape index (κ3) is 4.09. The highest BCUT2D eigenvalue weighted by Gasteiger charge is 2.18. The summed E-state index contributed by atoms with van der Waals surface area (Å²) in [6.45, 7) is -0.618. The zero-order valence-corrected chi connectivity index (χ0v) is 15.1. The molecule has 1 heterocycles. The van der Waals surface area contributed by atoms with Crippen molar-refractivity contribution < 1.29 is 23.7 Å². The third-order valence-electron chi connectivity index (χ3n) is 3.65. The van der Waals surface area contributed by atoms with Gasteiger partial charge in [0.15, 0.2) is 12.4 Å². The van der Waals surface area contributed by atoms with Crippen LogP contribution in [0.5, 0.6) is 0 Å². The number of nitrogens with zero attached hydrogens (tertiary/aromatic N) is 1. The van der Waals surface area contributed by atoms with E-state index in [1.165, 1.54) is 30.3 Å². The summed E-state index contributed by atoms with van der Waals surface area (Å²) in [6, 6.07) is 11.1. The summed E-state index contributed by atoms with van der Waals surface area (Å²) >= 11 is 3.28. The van der Waals surface area contributed by atoms with Gasteiger partial charge in [0.2, 0.25) is 0 Å². The van der Waals surface area contributed by atoms with Crippen molar-refractivity contribution in [1.82, 2.24) is 0 Å². The number of rotatable bonds is 5. The van der Waals surface area contributed by atoms with Crippen molar-refractivity contribution in [3.05, 3.63) is 84.7 Å². The van der Waals surface area contributed by atoms with Gasteiger partial charge in [-0.3, -0.25) is 14.9 Å². The number of esters is 1.